The minimum atomic E-state index is -1.92. The Balaban J connectivity index is 2.83. The number of carbonyl (C=O) groups is 1. The van der Waals surface area contributed by atoms with Crippen LogP contribution in [0.5, 0.6) is 5.88 Å². The number of aryl methyl sites for hydroxylation is 1. The van der Waals surface area contributed by atoms with Crippen molar-refractivity contribution in [1.82, 2.24) is 9.78 Å². The molecule has 0 spiro atoms. The number of rotatable bonds is 6. The number of aromatic nitrogens is 2. The third kappa shape index (κ3) is 4.51. The lowest BCUT2D eigenvalue weighted by Crippen LogP contribution is -2.04. The molecule has 0 radical (unpaired) electrons. The molecule has 7 heteroatoms. The van der Waals surface area contributed by atoms with Crippen LogP contribution in [0.4, 0.5) is 0 Å². The second-order valence-corrected chi connectivity index (χ2v) is 5.56. The second-order valence-electron chi connectivity index (χ2n) is 4.30. The summed E-state index contributed by atoms with van der Waals surface area (Å²) < 4.78 is 21.9. The van der Waals surface area contributed by atoms with E-state index in [1.54, 1.807) is 13.1 Å². The van der Waals surface area contributed by atoms with Gasteiger partial charge in [0, 0.05) is 29.6 Å². The average Bonchev–Trinajstić information content (AvgIpc) is 2.70. The smallest absolute Gasteiger partial charge is 0.292 e. The van der Waals surface area contributed by atoms with Gasteiger partial charge >= 0.3 is 0 Å². The molecule has 1 heterocycles. The van der Waals surface area contributed by atoms with Gasteiger partial charge in [-0.2, -0.15) is 4.36 Å². The first kappa shape index (κ1) is 15.4. The SMILES string of the molecule is C=CC[C@H](C)C/[SH](=O)=N/C(=O)c1cn(C)nc1OC. The Morgan fingerprint density at radius 3 is 3.00 bits per heavy atom. The van der Waals surface area contributed by atoms with E-state index >= 15 is 0 Å². The third-order valence-corrected chi connectivity index (χ3v) is 3.80. The maximum atomic E-state index is 11.9. The van der Waals surface area contributed by atoms with Crippen LogP contribution in [-0.2, 0) is 17.6 Å². The molecule has 1 aromatic heterocycles. The number of ether oxygens (including phenoxy) is 1. The maximum absolute atomic E-state index is 11.9. The lowest BCUT2D eigenvalue weighted by Gasteiger charge is -2.03. The van der Waals surface area contributed by atoms with Crippen molar-refractivity contribution < 1.29 is 13.7 Å². The van der Waals surface area contributed by atoms with Crippen LogP contribution in [0.2, 0.25) is 0 Å². The topological polar surface area (TPSA) is 73.5 Å². The van der Waals surface area contributed by atoms with Crippen LogP contribution in [0.1, 0.15) is 23.7 Å². The molecule has 106 valence electrons. The molecule has 0 aliphatic carbocycles. The van der Waals surface area contributed by atoms with Crippen molar-refractivity contribution in [3.05, 3.63) is 24.4 Å². The van der Waals surface area contributed by atoms with Crippen LogP contribution in [0, 0.1) is 5.92 Å². The fourth-order valence-corrected chi connectivity index (χ4v) is 2.66. The Kier molecular flexibility index (Phi) is 5.75. The highest BCUT2D eigenvalue weighted by Crippen LogP contribution is 2.16. The van der Waals surface area contributed by atoms with Crippen LogP contribution in [-0.4, -0.2) is 32.8 Å². The zero-order chi connectivity index (χ0) is 14.4. The molecular weight excluding hydrogens is 266 g/mol. The van der Waals surface area contributed by atoms with E-state index in [1.807, 2.05) is 6.92 Å². The fourth-order valence-electron chi connectivity index (χ4n) is 1.59. The molecule has 1 amide bonds. The molecule has 0 aliphatic rings. The van der Waals surface area contributed by atoms with Gasteiger partial charge in [0.05, 0.1) is 7.11 Å². The van der Waals surface area contributed by atoms with Gasteiger partial charge in [0.25, 0.3) is 5.91 Å². The van der Waals surface area contributed by atoms with E-state index in [9.17, 15) is 9.00 Å². The summed E-state index contributed by atoms with van der Waals surface area (Å²) in [5.41, 5.74) is 0.227. The van der Waals surface area contributed by atoms with Crippen LogP contribution in [0.25, 0.3) is 0 Å². The normalized spacial score (nSPS) is 14.1. The zero-order valence-corrected chi connectivity index (χ0v) is 12.3. The number of amides is 1. The second kappa shape index (κ2) is 7.08. The molecule has 6 nitrogen and oxygen atoms in total. The fraction of sp³-hybridized carbons (Fsp3) is 0.500. The monoisotopic (exact) mass is 285 g/mol. The quantitative estimate of drug-likeness (QED) is 0.634. The number of nitrogens with zero attached hydrogens (tertiary/aromatic N) is 3. The Hall–Kier alpha value is -1.63. The molecule has 0 saturated carbocycles. The van der Waals surface area contributed by atoms with Gasteiger partial charge in [0.1, 0.15) is 5.56 Å². The summed E-state index contributed by atoms with van der Waals surface area (Å²) in [5, 5.41) is 3.95. The predicted octanol–water partition coefficient (Wildman–Crippen LogP) is 1.45. The van der Waals surface area contributed by atoms with E-state index in [1.165, 1.54) is 18.0 Å². The van der Waals surface area contributed by atoms with Gasteiger partial charge in [-0.05, 0) is 12.3 Å². The number of methoxy groups -OCH3 is 1. The molecule has 1 rings (SSSR count). The van der Waals surface area contributed by atoms with E-state index < -0.39 is 16.5 Å². The summed E-state index contributed by atoms with van der Waals surface area (Å²) in [7, 11) is 1.18. The summed E-state index contributed by atoms with van der Waals surface area (Å²) in [6.45, 7) is 5.57. The summed E-state index contributed by atoms with van der Waals surface area (Å²) in [6.07, 6.45) is 4.02. The first-order chi connectivity index (χ1) is 8.97. The Morgan fingerprint density at radius 1 is 1.74 bits per heavy atom. The van der Waals surface area contributed by atoms with Crippen molar-refractivity contribution >= 4 is 16.5 Å². The number of carbonyl (C=O) groups excluding carboxylic acids is 1. The van der Waals surface area contributed by atoms with E-state index in [0.717, 1.165) is 6.42 Å². The molecular formula is C12H19N3O3S. The van der Waals surface area contributed by atoms with Crippen LogP contribution < -0.4 is 4.74 Å². The van der Waals surface area contributed by atoms with Gasteiger partial charge < -0.3 is 4.74 Å². The molecule has 1 unspecified atom stereocenters. The lowest BCUT2D eigenvalue weighted by atomic mass is 10.1. The highest BCUT2D eigenvalue weighted by atomic mass is 32.2. The standard InChI is InChI=1S/C12H19N3O3S/c1-5-6-9(2)8-19(17)14-11(16)10-7-15(3)13-12(10)18-4/h5,7,9,19H,1,6,8H2,2-4H3/t9-/m0/s1. The van der Waals surface area contributed by atoms with Gasteiger partial charge in [-0.25, -0.2) is 0 Å². The van der Waals surface area contributed by atoms with Gasteiger partial charge in [-0.15, -0.1) is 11.7 Å². The largest absolute Gasteiger partial charge is 0.479 e. The highest BCUT2D eigenvalue weighted by Gasteiger charge is 2.16. The third-order valence-electron chi connectivity index (χ3n) is 2.46. The maximum Gasteiger partial charge on any atom is 0.292 e. The van der Waals surface area contributed by atoms with Gasteiger partial charge in [-0.1, -0.05) is 13.0 Å². The minimum absolute atomic E-state index is 0.188. The van der Waals surface area contributed by atoms with E-state index in [4.69, 9.17) is 4.74 Å². The molecule has 0 N–H and O–H groups in total. The van der Waals surface area contributed by atoms with Crippen molar-refractivity contribution in [3.63, 3.8) is 0 Å². The van der Waals surface area contributed by atoms with Gasteiger partial charge in [0.2, 0.25) is 5.88 Å². The van der Waals surface area contributed by atoms with Crippen LogP contribution >= 0.6 is 0 Å². The molecule has 0 bridgehead atoms. The van der Waals surface area contributed by atoms with Crippen molar-refractivity contribution in [2.45, 2.75) is 13.3 Å². The zero-order valence-electron chi connectivity index (χ0n) is 11.4. The first-order valence-electron chi connectivity index (χ1n) is 5.87. The Bertz CT molecular complexity index is 544. The summed E-state index contributed by atoms with van der Waals surface area (Å²) in [6, 6.07) is 0. The van der Waals surface area contributed by atoms with E-state index in [-0.39, 0.29) is 17.4 Å². The number of hydrogen-bond acceptors (Lipinski definition) is 4. The summed E-state index contributed by atoms with van der Waals surface area (Å²) in [5.74, 6) is 0.194. The molecule has 0 saturated heterocycles. The van der Waals surface area contributed by atoms with Crippen molar-refractivity contribution in [1.29, 1.82) is 0 Å². The Labute approximate surface area is 114 Å². The van der Waals surface area contributed by atoms with Crippen molar-refractivity contribution in [3.8, 4) is 5.88 Å². The Morgan fingerprint density at radius 2 is 2.42 bits per heavy atom. The van der Waals surface area contributed by atoms with Gasteiger partial charge in [0.15, 0.2) is 0 Å². The molecule has 0 fully saturated rings. The molecule has 19 heavy (non-hydrogen) atoms. The van der Waals surface area contributed by atoms with Crippen molar-refractivity contribution in [2.75, 3.05) is 12.9 Å². The van der Waals surface area contributed by atoms with E-state index in [0.29, 0.717) is 5.75 Å². The van der Waals surface area contributed by atoms with Crippen LogP contribution in [0.3, 0.4) is 0 Å². The highest BCUT2D eigenvalue weighted by molar-refractivity contribution is 7.75. The number of allylic oxidation sites excluding steroid dienone is 1. The molecule has 0 aliphatic heterocycles. The van der Waals surface area contributed by atoms with Crippen molar-refractivity contribution in [2.24, 2.45) is 17.3 Å². The first-order valence-corrected chi connectivity index (χ1v) is 7.26. The van der Waals surface area contributed by atoms with Crippen LogP contribution in [0.15, 0.2) is 23.2 Å². The van der Waals surface area contributed by atoms with E-state index in [2.05, 4.69) is 16.0 Å². The van der Waals surface area contributed by atoms with Gasteiger partial charge in [-0.3, -0.25) is 13.7 Å². The lowest BCUT2D eigenvalue weighted by molar-refractivity contribution is 0.100. The molecule has 0 aromatic carbocycles. The number of thiol groups is 1. The number of hydrogen-bond donors (Lipinski definition) is 1. The summed E-state index contributed by atoms with van der Waals surface area (Å²) >= 11 is 0. The minimum Gasteiger partial charge on any atom is -0.479 e. The summed E-state index contributed by atoms with van der Waals surface area (Å²) in [4.78, 5) is 11.9. The molecule has 1 aromatic rings. The predicted molar refractivity (Wildman–Crippen MR) is 74.9 cm³/mol. The molecule has 2 atom stereocenters. The average molecular weight is 285 g/mol.